The summed E-state index contributed by atoms with van der Waals surface area (Å²) >= 11 is 0. The highest BCUT2D eigenvalue weighted by atomic mass is 16.6. The minimum atomic E-state index is -0.424. The van der Waals surface area contributed by atoms with E-state index in [9.17, 15) is 10.1 Å². The van der Waals surface area contributed by atoms with Gasteiger partial charge in [-0.2, -0.15) is 0 Å². The maximum atomic E-state index is 10.8. The largest absolute Gasteiger partial charge is 0.469 e. The molecule has 3 aromatic rings. The van der Waals surface area contributed by atoms with Crippen molar-refractivity contribution < 1.29 is 9.34 Å². The topological polar surface area (TPSA) is 97.0 Å². The van der Waals surface area contributed by atoms with Gasteiger partial charge in [-0.1, -0.05) is 0 Å². The van der Waals surface area contributed by atoms with Gasteiger partial charge in [-0.3, -0.25) is 10.1 Å². The van der Waals surface area contributed by atoms with Crippen molar-refractivity contribution in [3.63, 3.8) is 0 Å². The molecule has 7 nitrogen and oxygen atoms in total. The van der Waals surface area contributed by atoms with E-state index in [1.807, 2.05) is 19.1 Å². The fourth-order valence-electron chi connectivity index (χ4n) is 2.19. The van der Waals surface area contributed by atoms with Crippen LogP contribution in [0.1, 0.15) is 12.7 Å². The van der Waals surface area contributed by atoms with Gasteiger partial charge < -0.3 is 14.7 Å². The van der Waals surface area contributed by atoms with Crippen molar-refractivity contribution in [1.82, 2.24) is 9.97 Å². The molecular weight excluding hydrogens is 272 g/mol. The molecule has 2 heterocycles. The highest BCUT2D eigenvalue weighted by Gasteiger charge is 2.11. The fraction of sp³-hybridized carbons (Fsp3) is 0.214. The van der Waals surface area contributed by atoms with E-state index in [-0.39, 0.29) is 11.7 Å². The lowest BCUT2D eigenvalue weighted by molar-refractivity contribution is -0.384. The van der Waals surface area contributed by atoms with Gasteiger partial charge in [0.15, 0.2) is 0 Å². The van der Waals surface area contributed by atoms with Gasteiger partial charge in [0.2, 0.25) is 5.95 Å². The van der Waals surface area contributed by atoms with Crippen molar-refractivity contribution in [2.24, 2.45) is 0 Å². The van der Waals surface area contributed by atoms with Crippen molar-refractivity contribution >= 4 is 22.7 Å². The van der Waals surface area contributed by atoms with Crippen LogP contribution in [0.25, 0.3) is 11.0 Å². The van der Waals surface area contributed by atoms with Crippen molar-refractivity contribution in [2.75, 3.05) is 5.32 Å². The van der Waals surface area contributed by atoms with Gasteiger partial charge in [0, 0.05) is 24.6 Å². The summed E-state index contributed by atoms with van der Waals surface area (Å²) in [6.45, 7) is 2.01. The maximum Gasteiger partial charge on any atom is 0.271 e. The van der Waals surface area contributed by atoms with Gasteiger partial charge in [-0.05, 0) is 25.1 Å². The number of furan rings is 1. The third-order valence-corrected chi connectivity index (χ3v) is 3.15. The lowest BCUT2D eigenvalue weighted by Crippen LogP contribution is -2.18. The second kappa shape index (κ2) is 5.28. The predicted octanol–water partition coefficient (Wildman–Crippen LogP) is 3.11. The van der Waals surface area contributed by atoms with Gasteiger partial charge >= 0.3 is 0 Å². The number of H-pyrrole nitrogens is 1. The number of aromatic amines is 1. The Morgan fingerprint density at radius 2 is 2.33 bits per heavy atom. The molecule has 0 fully saturated rings. The molecule has 3 rings (SSSR count). The molecule has 0 aliphatic rings. The number of imidazole rings is 1. The van der Waals surface area contributed by atoms with E-state index >= 15 is 0 Å². The highest BCUT2D eigenvalue weighted by Crippen LogP contribution is 2.21. The van der Waals surface area contributed by atoms with Crippen LogP contribution in [-0.4, -0.2) is 20.9 Å². The van der Waals surface area contributed by atoms with Gasteiger partial charge in [-0.15, -0.1) is 0 Å². The summed E-state index contributed by atoms with van der Waals surface area (Å²) in [7, 11) is 0. The lowest BCUT2D eigenvalue weighted by Gasteiger charge is -2.10. The standard InChI is InChI=1S/C14H14N4O3/c1-9(7-11-3-2-6-21-11)15-14-16-12-5-4-10(18(19)20)8-13(12)17-14/h2-6,8-9H,7H2,1H3,(H2,15,16,17). The Kier molecular flexibility index (Phi) is 3.31. The van der Waals surface area contributed by atoms with Crippen LogP contribution in [0, 0.1) is 10.1 Å². The average molecular weight is 286 g/mol. The molecule has 2 aromatic heterocycles. The number of rotatable bonds is 5. The minimum absolute atomic E-state index is 0.0429. The normalized spacial score (nSPS) is 12.4. The molecule has 1 atom stereocenters. The zero-order valence-corrected chi connectivity index (χ0v) is 11.4. The molecule has 2 N–H and O–H groups in total. The van der Waals surface area contributed by atoms with Crippen molar-refractivity contribution in [3.05, 3.63) is 52.5 Å². The number of hydrogen-bond acceptors (Lipinski definition) is 5. The second-order valence-corrected chi connectivity index (χ2v) is 4.87. The van der Waals surface area contributed by atoms with Crippen LogP contribution in [0.2, 0.25) is 0 Å². The predicted molar refractivity (Wildman–Crippen MR) is 78.2 cm³/mol. The number of nitro benzene ring substituents is 1. The number of hydrogen-bond donors (Lipinski definition) is 2. The van der Waals surface area contributed by atoms with Gasteiger partial charge in [-0.25, -0.2) is 4.98 Å². The second-order valence-electron chi connectivity index (χ2n) is 4.87. The molecule has 108 valence electrons. The monoisotopic (exact) mass is 286 g/mol. The molecule has 0 saturated carbocycles. The Morgan fingerprint density at radius 1 is 1.48 bits per heavy atom. The maximum absolute atomic E-state index is 10.8. The van der Waals surface area contributed by atoms with E-state index in [1.54, 1.807) is 12.3 Å². The number of nitrogens with one attached hydrogen (secondary N) is 2. The molecular formula is C14H14N4O3. The zero-order chi connectivity index (χ0) is 14.8. The zero-order valence-electron chi connectivity index (χ0n) is 11.4. The Morgan fingerprint density at radius 3 is 3.05 bits per heavy atom. The quantitative estimate of drug-likeness (QED) is 0.555. The van der Waals surface area contributed by atoms with Crippen LogP contribution in [-0.2, 0) is 6.42 Å². The van der Waals surface area contributed by atoms with Crippen molar-refractivity contribution in [3.8, 4) is 0 Å². The first-order valence-electron chi connectivity index (χ1n) is 6.55. The number of anilines is 1. The number of nitro groups is 1. The molecule has 1 aromatic carbocycles. The number of benzene rings is 1. The smallest absolute Gasteiger partial charge is 0.271 e. The molecule has 0 spiro atoms. The van der Waals surface area contributed by atoms with Crippen molar-refractivity contribution in [2.45, 2.75) is 19.4 Å². The average Bonchev–Trinajstić information content (AvgIpc) is 3.05. The van der Waals surface area contributed by atoms with Crippen LogP contribution in [0.4, 0.5) is 11.6 Å². The summed E-state index contributed by atoms with van der Waals surface area (Å²) in [5.41, 5.74) is 1.37. The third kappa shape index (κ3) is 2.86. The molecule has 0 bridgehead atoms. The van der Waals surface area contributed by atoms with Gasteiger partial charge in [0.25, 0.3) is 5.69 Å². The molecule has 0 aliphatic heterocycles. The first-order valence-corrected chi connectivity index (χ1v) is 6.55. The number of aromatic nitrogens is 2. The van der Waals surface area contributed by atoms with E-state index in [1.165, 1.54) is 12.1 Å². The molecule has 7 heteroatoms. The Hall–Kier alpha value is -2.83. The van der Waals surface area contributed by atoms with Crippen LogP contribution < -0.4 is 5.32 Å². The summed E-state index contributed by atoms with van der Waals surface area (Å²) in [5, 5.41) is 14.0. The van der Waals surface area contributed by atoms with E-state index in [2.05, 4.69) is 15.3 Å². The molecule has 1 unspecified atom stereocenters. The number of fused-ring (bicyclic) bond motifs is 1. The summed E-state index contributed by atoms with van der Waals surface area (Å²) in [4.78, 5) is 17.7. The van der Waals surface area contributed by atoms with Crippen LogP contribution >= 0.6 is 0 Å². The SMILES string of the molecule is CC(Cc1ccco1)Nc1nc2ccc([N+](=O)[O-])cc2[nH]1. The Labute approximate surface area is 120 Å². The van der Waals surface area contributed by atoms with Crippen LogP contribution in [0.15, 0.2) is 41.0 Å². The van der Waals surface area contributed by atoms with E-state index in [0.29, 0.717) is 17.0 Å². The summed E-state index contributed by atoms with van der Waals surface area (Å²) in [6, 6.07) is 8.44. The molecule has 0 aliphatic carbocycles. The molecule has 0 saturated heterocycles. The van der Waals surface area contributed by atoms with Crippen molar-refractivity contribution in [1.29, 1.82) is 0 Å². The number of non-ortho nitro benzene ring substituents is 1. The fourth-order valence-corrected chi connectivity index (χ4v) is 2.19. The summed E-state index contributed by atoms with van der Waals surface area (Å²) in [6.07, 6.45) is 2.37. The molecule has 0 amide bonds. The Bertz CT molecular complexity index is 764. The highest BCUT2D eigenvalue weighted by molar-refractivity contribution is 5.79. The Balaban J connectivity index is 1.76. The summed E-state index contributed by atoms with van der Waals surface area (Å²) < 4.78 is 5.30. The number of nitrogens with zero attached hydrogens (tertiary/aromatic N) is 2. The first kappa shape index (κ1) is 13.2. The van der Waals surface area contributed by atoms with E-state index < -0.39 is 4.92 Å². The third-order valence-electron chi connectivity index (χ3n) is 3.15. The molecule has 21 heavy (non-hydrogen) atoms. The summed E-state index contributed by atoms with van der Waals surface area (Å²) in [5.74, 6) is 1.48. The van der Waals surface area contributed by atoms with Crippen LogP contribution in [0.5, 0.6) is 0 Å². The van der Waals surface area contributed by atoms with E-state index in [4.69, 9.17) is 4.42 Å². The minimum Gasteiger partial charge on any atom is -0.469 e. The molecule has 0 radical (unpaired) electrons. The lowest BCUT2D eigenvalue weighted by atomic mass is 10.2. The van der Waals surface area contributed by atoms with Gasteiger partial charge in [0.05, 0.1) is 22.2 Å². The van der Waals surface area contributed by atoms with Crippen LogP contribution in [0.3, 0.4) is 0 Å². The van der Waals surface area contributed by atoms with Gasteiger partial charge in [0.1, 0.15) is 5.76 Å². The van der Waals surface area contributed by atoms with E-state index in [0.717, 1.165) is 12.2 Å². The first-order chi connectivity index (χ1) is 10.1.